The lowest BCUT2D eigenvalue weighted by atomic mass is 9.69. The first-order valence-corrected chi connectivity index (χ1v) is 22.3. The number of hydrogen-bond acceptors (Lipinski definition) is 2. The van der Waals surface area contributed by atoms with Gasteiger partial charge < -0.3 is 8.83 Å². The molecule has 12 aromatic rings. The molecule has 0 radical (unpaired) electrons. The van der Waals surface area contributed by atoms with E-state index in [9.17, 15) is 0 Å². The van der Waals surface area contributed by atoms with Gasteiger partial charge in [0.15, 0.2) is 0 Å². The first-order chi connectivity index (χ1) is 31.8. The van der Waals surface area contributed by atoms with Gasteiger partial charge in [-0.25, -0.2) is 0 Å². The monoisotopic (exact) mass is 810 g/mol. The van der Waals surface area contributed by atoms with E-state index in [1.165, 1.54) is 100 Å². The number of para-hydroxylation sites is 2. The standard InChI is InChI=1S/C62H34O2/c1-9-25-48-35(16-1)36-17-2-10-26-49(36)62(48)51-28-12-5-22-42(51)58-45(32-46-39-20-7-14-31-55(39)64-60(46)59(58)62)40-23-15-29-52-57(40)41-21-4-11-27-50(41)61(52)47-24-8-3-18-37(47)43-34-56-44(33-53(43)61)38-19-6-13-30-54(38)63-56/h1-34H. The molecule has 4 aliphatic rings. The maximum absolute atomic E-state index is 7.19. The Morgan fingerprint density at radius 2 is 0.719 bits per heavy atom. The number of benzene rings is 10. The number of fused-ring (bicyclic) bond motifs is 27. The fourth-order valence-corrected chi connectivity index (χ4v) is 13.3. The van der Waals surface area contributed by atoms with Gasteiger partial charge >= 0.3 is 0 Å². The minimum atomic E-state index is -0.583. The molecule has 64 heavy (non-hydrogen) atoms. The lowest BCUT2D eigenvalue weighted by Gasteiger charge is -2.31. The van der Waals surface area contributed by atoms with E-state index in [0.717, 1.165) is 43.9 Å². The van der Waals surface area contributed by atoms with Crippen LogP contribution >= 0.6 is 0 Å². The van der Waals surface area contributed by atoms with Crippen molar-refractivity contribution in [1.82, 2.24) is 0 Å². The fraction of sp³-hybridized carbons (Fsp3) is 0.0323. The SMILES string of the molecule is c1ccc2c(c1)-c1cc3oc4ccccc4c3cc1C21c2ccccc2-c2c(-c3cc4c(oc5ccccc54)c4c3-c3ccccc3C43c4ccccc4-c4ccccc43)cccc21. The third-order valence-electron chi connectivity index (χ3n) is 15.5. The smallest absolute Gasteiger partial charge is 0.140 e. The Balaban J connectivity index is 1.08. The summed E-state index contributed by atoms with van der Waals surface area (Å²) >= 11 is 0. The Morgan fingerprint density at radius 1 is 0.250 bits per heavy atom. The molecule has 2 nitrogen and oxygen atoms in total. The lowest BCUT2D eigenvalue weighted by molar-refractivity contribution is 0.652. The van der Waals surface area contributed by atoms with Crippen molar-refractivity contribution in [2.75, 3.05) is 0 Å². The summed E-state index contributed by atoms with van der Waals surface area (Å²) in [5.74, 6) is 0. The number of hydrogen-bond donors (Lipinski definition) is 0. The van der Waals surface area contributed by atoms with Gasteiger partial charge in [0.05, 0.1) is 10.8 Å². The Bertz CT molecular complexity index is 4050. The molecule has 4 aliphatic carbocycles. The highest BCUT2D eigenvalue weighted by molar-refractivity contribution is 6.16. The summed E-state index contributed by atoms with van der Waals surface area (Å²) in [6, 6.07) is 76.9. The molecule has 294 valence electrons. The Morgan fingerprint density at radius 3 is 1.39 bits per heavy atom. The molecule has 1 unspecified atom stereocenters. The first kappa shape index (κ1) is 33.4. The Kier molecular flexibility index (Phi) is 5.97. The van der Waals surface area contributed by atoms with Crippen LogP contribution in [0.2, 0.25) is 0 Å². The molecule has 2 heterocycles. The van der Waals surface area contributed by atoms with E-state index in [1.54, 1.807) is 0 Å². The number of furan rings is 2. The molecular weight excluding hydrogens is 777 g/mol. The molecule has 0 N–H and O–H groups in total. The van der Waals surface area contributed by atoms with Gasteiger partial charge in [-0.05, 0) is 125 Å². The third-order valence-corrected chi connectivity index (χ3v) is 15.5. The van der Waals surface area contributed by atoms with Crippen LogP contribution in [0.3, 0.4) is 0 Å². The van der Waals surface area contributed by atoms with Crippen LogP contribution < -0.4 is 0 Å². The molecule has 1 atom stereocenters. The summed E-state index contributed by atoms with van der Waals surface area (Å²) in [5.41, 5.74) is 25.6. The van der Waals surface area contributed by atoms with E-state index in [4.69, 9.17) is 8.83 Å². The topological polar surface area (TPSA) is 26.3 Å². The van der Waals surface area contributed by atoms with Gasteiger partial charge in [-0.2, -0.15) is 0 Å². The van der Waals surface area contributed by atoms with Crippen LogP contribution in [0, 0.1) is 0 Å². The second-order valence-corrected chi connectivity index (χ2v) is 18.1. The van der Waals surface area contributed by atoms with Gasteiger partial charge in [-0.3, -0.25) is 0 Å². The molecule has 0 aliphatic heterocycles. The Labute approximate surface area is 368 Å². The van der Waals surface area contributed by atoms with Crippen molar-refractivity contribution in [3.05, 3.63) is 251 Å². The van der Waals surface area contributed by atoms with Crippen LogP contribution in [0.1, 0.15) is 44.5 Å². The van der Waals surface area contributed by atoms with Crippen LogP contribution in [0.25, 0.3) is 99.5 Å². The molecule has 0 saturated heterocycles. The maximum atomic E-state index is 7.19. The van der Waals surface area contributed by atoms with E-state index in [0.29, 0.717) is 0 Å². The maximum Gasteiger partial charge on any atom is 0.140 e. The third kappa shape index (κ3) is 3.65. The van der Waals surface area contributed by atoms with Gasteiger partial charge in [0, 0.05) is 27.1 Å². The van der Waals surface area contributed by atoms with Gasteiger partial charge in [0.1, 0.15) is 22.3 Å². The lowest BCUT2D eigenvalue weighted by Crippen LogP contribution is -2.26. The van der Waals surface area contributed by atoms with Crippen molar-refractivity contribution in [3.63, 3.8) is 0 Å². The quantitative estimate of drug-likeness (QED) is 0.165. The zero-order chi connectivity index (χ0) is 41.5. The number of rotatable bonds is 1. The zero-order valence-corrected chi connectivity index (χ0v) is 34.4. The molecule has 2 aromatic heterocycles. The second kappa shape index (κ2) is 11.4. The van der Waals surface area contributed by atoms with Crippen LogP contribution in [0.15, 0.2) is 215 Å². The molecular formula is C62H34O2. The fourth-order valence-electron chi connectivity index (χ4n) is 13.3. The molecule has 16 rings (SSSR count). The van der Waals surface area contributed by atoms with E-state index in [1.807, 2.05) is 0 Å². The zero-order valence-electron chi connectivity index (χ0n) is 34.4. The van der Waals surface area contributed by atoms with Gasteiger partial charge in [-0.1, -0.05) is 176 Å². The summed E-state index contributed by atoms with van der Waals surface area (Å²) in [5, 5.41) is 4.57. The molecule has 0 saturated carbocycles. The largest absolute Gasteiger partial charge is 0.456 e. The average Bonchev–Trinajstić information content (AvgIpc) is 4.18. The van der Waals surface area contributed by atoms with E-state index >= 15 is 0 Å². The summed E-state index contributed by atoms with van der Waals surface area (Å²) < 4.78 is 13.8. The molecule has 2 heteroatoms. The predicted molar refractivity (Wildman–Crippen MR) is 259 cm³/mol. The van der Waals surface area contributed by atoms with Crippen molar-refractivity contribution >= 4 is 43.9 Å². The highest BCUT2D eigenvalue weighted by atomic mass is 16.3. The van der Waals surface area contributed by atoms with E-state index < -0.39 is 10.8 Å². The van der Waals surface area contributed by atoms with Gasteiger partial charge in [0.25, 0.3) is 0 Å². The second-order valence-electron chi connectivity index (χ2n) is 18.1. The van der Waals surface area contributed by atoms with E-state index in [-0.39, 0.29) is 0 Å². The predicted octanol–water partition coefficient (Wildman–Crippen LogP) is 15.8. The Hall–Kier alpha value is -8.20. The highest BCUT2D eigenvalue weighted by Gasteiger charge is 2.56. The summed E-state index contributed by atoms with van der Waals surface area (Å²) in [6.45, 7) is 0. The van der Waals surface area contributed by atoms with Crippen molar-refractivity contribution in [1.29, 1.82) is 0 Å². The summed E-state index contributed by atoms with van der Waals surface area (Å²) in [6.07, 6.45) is 0. The molecule has 2 spiro atoms. The van der Waals surface area contributed by atoms with Crippen molar-refractivity contribution in [2.45, 2.75) is 10.8 Å². The minimum absolute atomic E-state index is 0.543. The van der Waals surface area contributed by atoms with Crippen LogP contribution in [0.5, 0.6) is 0 Å². The van der Waals surface area contributed by atoms with Crippen LogP contribution in [-0.2, 0) is 10.8 Å². The molecule has 10 aromatic carbocycles. The summed E-state index contributed by atoms with van der Waals surface area (Å²) in [7, 11) is 0. The molecule has 0 bridgehead atoms. The normalized spacial score (nSPS) is 16.3. The highest BCUT2D eigenvalue weighted by Crippen LogP contribution is 2.68. The first-order valence-electron chi connectivity index (χ1n) is 22.3. The molecule has 0 fully saturated rings. The summed E-state index contributed by atoms with van der Waals surface area (Å²) in [4.78, 5) is 0. The van der Waals surface area contributed by atoms with Gasteiger partial charge in [-0.15, -0.1) is 0 Å². The van der Waals surface area contributed by atoms with Crippen molar-refractivity contribution < 1.29 is 8.83 Å². The van der Waals surface area contributed by atoms with E-state index in [2.05, 4.69) is 206 Å². The van der Waals surface area contributed by atoms with Gasteiger partial charge in [0.2, 0.25) is 0 Å². The van der Waals surface area contributed by atoms with Crippen LogP contribution in [-0.4, -0.2) is 0 Å². The van der Waals surface area contributed by atoms with Crippen molar-refractivity contribution in [3.8, 4) is 55.6 Å². The molecule has 0 amide bonds. The van der Waals surface area contributed by atoms with Crippen molar-refractivity contribution in [2.24, 2.45) is 0 Å². The average molecular weight is 811 g/mol. The van der Waals surface area contributed by atoms with Crippen LogP contribution in [0.4, 0.5) is 0 Å². The minimum Gasteiger partial charge on any atom is -0.456 e.